The van der Waals surface area contributed by atoms with Crippen LogP contribution in [-0.2, 0) is 14.3 Å². The van der Waals surface area contributed by atoms with Gasteiger partial charge in [-0.05, 0) is 37.0 Å². The Morgan fingerprint density at radius 1 is 1.24 bits per heavy atom. The summed E-state index contributed by atoms with van der Waals surface area (Å²) in [6.07, 6.45) is 11.1. The van der Waals surface area contributed by atoms with Crippen LogP contribution in [0.2, 0.25) is 0 Å². The van der Waals surface area contributed by atoms with Gasteiger partial charge in [0.25, 0.3) is 0 Å². The highest BCUT2D eigenvalue weighted by atomic mass is 16.5. The average molecular weight is 464 g/mol. The maximum Gasteiger partial charge on any atom is 0.244 e. The monoisotopic (exact) mass is 463 g/mol. The van der Waals surface area contributed by atoms with Crippen molar-refractivity contribution in [3.63, 3.8) is 0 Å². The number of aromatic amines is 1. The van der Waals surface area contributed by atoms with E-state index in [0.29, 0.717) is 12.5 Å². The number of ether oxygens (including phenoxy) is 1. The summed E-state index contributed by atoms with van der Waals surface area (Å²) in [5.41, 5.74) is 3.04. The van der Waals surface area contributed by atoms with Gasteiger partial charge in [-0.1, -0.05) is 31.0 Å². The summed E-state index contributed by atoms with van der Waals surface area (Å²) in [5.74, 6) is 0.113. The van der Waals surface area contributed by atoms with Gasteiger partial charge in [0.2, 0.25) is 11.8 Å². The molecule has 0 unspecified atom stereocenters. The van der Waals surface area contributed by atoms with Crippen molar-refractivity contribution in [1.29, 1.82) is 0 Å². The number of imidazole rings is 1. The SMILES string of the molecule is COC[C@@H]1Nc2ccccc2[C@H]2[C@@H]1CCN2C(=O)[C@H]1CCCC[C@H]1NC(=O)/C=C/c1cnc[nH]1. The molecule has 1 aromatic heterocycles. The molecule has 34 heavy (non-hydrogen) atoms. The zero-order valence-electron chi connectivity index (χ0n) is 19.6. The molecule has 1 saturated heterocycles. The normalized spacial score (nSPS) is 28.3. The fourth-order valence-electron chi connectivity index (χ4n) is 5.99. The van der Waals surface area contributed by atoms with Crippen LogP contribution in [0.1, 0.15) is 49.4 Å². The predicted octanol–water partition coefficient (Wildman–Crippen LogP) is 3.13. The summed E-state index contributed by atoms with van der Waals surface area (Å²) in [6.45, 7) is 1.35. The largest absolute Gasteiger partial charge is 0.383 e. The van der Waals surface area contributed by atoms with Crippen LogP contribution in [0.25, 0.3) is 6.08 Å². The number of nitrogens with one attached hydrogen (secondary N) is 3. The van der Waals surface area contributed by atoms with Gasteiger partial charge in [0.05, 0.1) is 42.8 Å². The van der Waals surface area contributed by atoms with Crippen molar-refractivity contribution in [2.75, 3.05) is 25.6 Å². The van der Waals surface area contributed by atoms with Gasteiger partial charge in [0.1, 0.15) is 0 Å². The first kappa shape index (κ1) is 22.7. The number of carbonyl (C=O) groups excluding carboxylic acids is 2. The number of anilines is 1. The van der Waals surface area contributed by atoms with Crippen molar-refractivity contribution >= 4 is 23.6 Å². The first-order valence-electron chi connectivity index (χ1n) is 12.3. The van der Waals surface area contributed by atoms with Gasteiger partial charge in [0.15, 0.2) is 0 Å². The van der Waals surface area contributed by atoms with E-state index in [2.05, 4.69) is 37.6 Å². The number of carbonyl (C=O) groups is 2. The second-order valence-electron chi connectivity index (χ2n) is 9.57. The lowest BCUT2D eigenvalue weighted by Crippen LogP contribution is -2.50. The van der Waals surface area contributed by atoms with Crippen molar-refractivity contribution in [1.82, 2.24) is 20.2 Å². The summed E-state index contributed by atoms with van der Waals surface area (Å²) in [4.78, 5) is 35.6. The zero-order valence-corrected chi connectivity index (χ0v) is 19.6. The number of H-pyrrole nitrogens is 1. The maximum absolute atomic E-state index is 14.0. The molecule has 0 bridgehead atoms. The zero-order chi connectivity index (χ0) is 23.5. The standard InChI is InChI=1S/C26H33N5O3/c1-34-15-23-19-12-13-31(25(19)18-6-2-4-8-21(18)29-23)26(33)20-7-3-5-9-22(20)30-24(32)11-10-17-14-27-16-28-17/h2,4,6,8,10-11,14,16,19-20,22-23,25,29H,3,5,7,9,12-13,15H2,1H3,(H,27,28)(H,30,32)/b11-10+/t19-,20+,22-,23+,25+/m1/s1. The molecule has 2 aliphatic heterocycles. The van der Waals surface area contributed by atoms with E-state index in [-0.39, 0.29) is 35.9 Å². The van der Waals surface area contributed by atoms with Crippen LogP contribution in [0.15, 0.2) is 42.9 Å². The Labute approximate surface area is 200 Å². The van der Waals surface area contributed by atoms with E-state index >= 15 is 0 Å². The molecule has 1 aromatic carbocycles. The highest BCUT2D eigenvalue weighted by molar-refractivity contribution is 5.92. The van der Waals surface area contributed by atoms with Gasteiger partial charge >= 0.3 is 0 Å². The Morgan fingerprint density at radius 2 is 2.09 bits per heavy atom. The Hall–Kier alpha value is -3.13. The number of benzene rings is 1. The fraction of sp³-hybridized carbons (Fsp3) is 0.500. The average Bonchev–Trinajstić information content (AvgIpc) is 3.54. The molecule has 180 valence electrons. The molecule has 1 aliphatic carbocycles. The van der Waals surface area contributed by atoms with Gasteiger partial charge < -0.3 is 25.3 Å². The van der Waals surface area contributed by atoms with E-state index in [1.165, 1.54) is 11.6 Å². The number of hydrogen-bond acceptors (Lipinski definition) is 5. The van der Waals surface area contributed by atoms with E-state index < -0.39 is 0 Å². The molecule has 1 saturated carbocycles. The van der Waals surface area contributed by atoms with Crippen molar-refractivity contribution in [3.05, 3.63) is 54.1 Å². The van der Waals surface area contributed by atoms with Gasteiger partial charge in [-0.15, -0.1) is 0 Å². The number of aromatic nitrogens is 2. The minimum atomic E-state index is -0.195. The van der Waals surface area contributed by atoms with Crippen LogP contribution in [0.4, 0.5) is 5.69 Å². The summed E-state index contributed by atoms with van der Waals surface area (Å²) in [5, 5.41) is 6.75. The minimum Gasteiger partial charge on any atom is -0.383 e. The fourth-order valence-corrected chi connectivity index (χ4v) is 5.99. The number of nitrogens with zero attached hydrogens (tertiary/aromatic N) is 2. The number of likely N-dealkylation sites (tertiary alicyclic amines) is 1. The first-order valence-corrected chi connectivity index (χ1v) is 12.3. The minimum absolute atomic E-state index is 0.0450. The molecule has 2 amide bonds. The van der Waals surface area contributed by atoms with Crippen molar-refractivity contribution in [2.24, 2.45) is 11.8 Å². The highest BCUT2D eigenvalue weighted by Crippen LogP contribution is 2.47. The highest BCUT2D eigenvalue weighted by Gasteiger charge is 2.48. The smallest absolute Gasteiger partial charge is 0.244 e. The quantitative estimate of drug-likeness (QED) is 0.572. The van der Waals surface area contributed by atoms with Crippen LogP contribution < -0.4 is 10.6 Å². The van der Waals surface area contributed by atoms with Crippen LogP contribution in [0.3, 0.4) is 0 Å². The molecule has 0 radical (unpaired) electrons. The molecule has 3 heterocycles. The Kier molecular flexibility index (Phi) is 6.67. The molecular weight excluding hydrogens is 430 g/mol. The van der Waals surface area contributed by atoms with Gasteiger partial charge in [-0.2, -0.15) is 0 Å². The second kappa shape index (κ2) is 10.0. The summed E-state index contributed by atoms with van der Waals surface area (Å²) >= 11 is 0. The third-order valence-corrected chi connectivity index (χ3v) is 7.56. The molecule has 8 nitrogen and oxygen atoms in total. The Bertz CT molecular complexity index is 1040. The third kappa shape index (κ3) is 4.46. The first-order chi connectivity index (χ1) is 16.7. The number of fused-ring (bicyclic) bond motifs is 3. The van der Waals surface area contributed by atoms with E-state index in [4.69, 9.17) is 4.74 Å². The molecule has 5 atom stereocenters. The second-order valence-corrected chi connectivity index (χ2v) is 9.57. The molecular formula is C26H33N5O3. The predicted molar refractivity (Wildman–Crippen MR) is 130 cm³/mol. The Morgan fingerprint density at radius 3 is 2.91 bits per heavy atom. The molecule has 5 rings (SSSR count). The van der Waals surface area contributed by atoms with E-state index in [0.717, 1.165) is 50.0 Å². The van der Waals surface area contributed by atoms with Crippen LogP contribution in [0.5, 0.6) is 0 Å². The maximum atomic E-state index is 14.0. The van der Waals surface area contributed by atoms with Gasteiger partial charge in [-0.3, -0.25) is 9.59 Å². The molecule has 8 heteroatoms. The molecule has 0 spiro atoms. The van der Waals surface area contributed by atoms with Crippen molar-refractivity contribution < 1.29 is 14.3 Å². The van der Waals surface area contributed by atoms with E-state index in [9.17, 15) is 9.59 Å². The lowest BCUT2D eigenvalue weighted by Gasteiger charge is -2.41. The lowest BCUT2D eigenvalue weighted by atomic mass is 9.81. The third-order valence-electron chi connectivity index (χ3n) is 7.56. The Balaban J connectivity index is 1.34. The topological polar surface area (TPSA) is 99.3 Å². The van der Waals surface area contributed by atoms with Crippen LogP contribution in [-0.4, -0.2) is 59.0 Å². The van der Waals surface area contributed by atoms with Gasteiger partial charge in [0, 0.05) is 37.4 Å². The summed E-state index contributed by atoms with van der Waals surface area (Å²) < 4.78 is 5.50. The van der Waals surface area contributed by atoms with Crippen molar-refractivity contribution in [2.45, 2.75) is 50.2 Å². The van der Waals surface area contributed by atoms with Crippen LogP contribution in [0, 0.1) is 11.8 Å². The van der Waals surface area contributed by atoms with Gasteiger partial charge in [-0.25, -0.2) is 4.98 Å². The molecule has 2 aromatic rings. The molecule has 2 fully saturated rings. The van der Waals surface area contributed by atoms with E-state index in [1.807, 2.05) is 12.1 Å². The summed E-state index contributed by atoms with van der Waals surface area (Å²) in [7, 11) is 1.73. The van der Waals surface area contributed by atoms with Crippen molar-refractivity contribution in [3.8, 4) is 0 Å². The number of amides is 2. The molecule has 3 aliphatic rings. The summed E-state index contributed by atoms with van der Waals surface area (Å²) in [6, 6.07) is 8.37. The van der Waals surface area contributed by atoms with E-state index in [1.54, 1.807) is 25.7 Å². The number of hydrogen-bond donors (Lipinski definition) is 3. The van der Waals surface area contributed by atoms with Crippen LogP contribution >= 0.6 is 0 Å². The number of rotatable bonds is 6. The number of methoxy groups -OCH3 is 1. The lowest BCUT2D eigenvalue weighted by molar-refractivity contribution is -0.139. The molecule has 3 N–H and O–H groups in total. The number of para-hydroxylation sites is 1.